The van der Waals surface area contributed by atoms with Gasteiger partial charge in [-0.25, -0.2) is 8.78 Å². The molecule has 0 aliphatic heterocycles. The first-order valence-corrected chi connectivity index (χ1v) is 6.57. The van der Waals surface area contributed by atoms with Crippen LogP contribution >= 0.6 is 15.9 Å². The molecular weight excluding hydrogens is 298 g/mol. The molecule has 0 amide bonds. The Labute approximate surface area is 114 Å². The number of alkyl halides is 1. The Bertz CT molecular complexity index is 577. The van der Waals surface area contributed by atoms with Crippen LogP contribution in [0, 0.1) is 25.5 Å². The number of hydrogen-bond donors (Lipinski definition) is 0. The Kier molecular flexibility index (Phi) is 3.81. The van der Waals surface area contributed by atoms with Gasteiger partial charge in [0.05, 0.1) is 4.83 Å². The van der Waals surface area contributed by atoms with Crippen LogP contribution in [0.2, 0.25) is 0 Å². The van der Waals surface area contributed by atoms with E-state index in [-0.39, 0.29) is 4.83 Å². The van der Waals surface area contributed by atoms with Crippen LogP contribution in [-0.2, 0) is 0 Å². The summed E-state index contributed by atoms with van der Waals surface area (Å²) >= 11 is 3.46. The fraction of sp³-hybridized carbons (Fsp3) is 0.200. The van der Waals surface area contributed by atoms with Crippen molar-refractivity contribution in [1.82, 2.24) is 0 Å². The fourth-order valence-corrected chi connectivity index (χ4v) is 2.77. The van der Waals surface area contributed by atoms with Crippen molar-refractivity contribution in [2.75, 3.05) is 0 Å². The first kappa shape index (κ1) is 13.2. The third-order valence-corrected chi connectivity index (χ3v) is 4.14. The van der Waals surface area contributed by atoms with Gasteiger partial charge < -0.3 is 0 Å². The van der Waals surface area contributed by atoms with Crippen LogP contribution in [0.1, 0.15) is 27.1 Å². The molecule has 0 nitrogen and oxygen atoms in total. The summed E-state index contributed by atoms with van der Waals surface area (Å²) in [5.41, 5.74) is 3.50. The minimum atomic E-state index is -0.429. The van der Waals surface area contributed by atoms with Crippen molar-refractivity contribution in [2.24, 2.45) is 0 Å². The summed E-state index contributed by atoms with van der Waals surface area (Å²) in [6, 6.07) is 9.36. The maximum Gasteiger partial charge on any atom is 0.128 e. The van der Waals surface area contributed by atoms with Gasteiger partial charge in [0.25, 0.3) is 0 Å². The Morgan fingerprint density at radius 2 is 1.72 bits per heavy atom. The standard InChI is InChI=1S/C15H13BrF2/c1-9-4-3-5-12(10(9)2)15(16)13-8-11(17)6-7-14(13)18/h3-8,15H,1-2H3. The molecule has 1 unspecified atom stereocenters. The van der Waals surface area contributed by atoms with E-state index in [1.165, 1.54) is 6.07 Å². The second-order valence-electron chi connectivity index (χ2n) is 4.32. The lowest BCUT2D eigenvalue weighted by atomic mass is 9.97. The van der Waals surface area contributed by atoms with E-state index in [9.17, 15) is 8.78 Å². The highest BCUT2D eigenvalue weighted by atomic mass is 79.9. The summed E-state index contributed by atoms with van der Waals surface area (Å²) in [4.78, 5) is -0.340. The first-order chi connectivity index (χ1) is 8.50. The molecule has 0 fully saturated rings. The van der Waals surface area contributed by atoms with Crippen molar-refractivity contribution < 1.29 is 8.78 Å². The second-order valence-corrected chi connectivity index (χ2v) is 5.23. The van der Waals surface area contributed by atoms with Gasteiger partial charge >= 0.3 is 0 Å². The van der Waals surface area contributed by atoms with E-state index in [4.69, 9.17) is 0 Å². The normalized spacial score (nSPS) is 12.5. The van der Waals surface area contributed by atoms with Crippen LogP contribution in [0.4, 0.5) is 8.78 Å². The quantitative estimate of drug-likeness (QED) is 0.680. The highest BCUT2D eigenvalue weighted by Crippen LogP contribution is 2.35. The SMILES string of the molecule is Cc1cccc(C(Br)c2cc(F)ccc2F)c1C. The van der Waals surface area contributed by atoms with Crippen LogP contribution in [0.5, 0.6) is 0 Å². The van der Waals surface area contributed by atoms with E-state index in [2.05, 4.69) is 15.9 Å². The number of hydrogen-bond acceptors (Lipinski definition) is 0. The molecule has 0 heterocycles. The molecule has 0 aliphatic carbocycles. The molecule has 0 bridgehead atoms. The van der Waals surface area contributed by atoms with Gasteiger partial charge in [0.1, 0.15) is 11.6 Å². The molecule has 2 aromatic carbocycles. The van der Waals surface area contributed by atoms with Crippen molar-refractivity contribution in [2.45, 2.75) is 18.7 Å². The van der Waals surface area contributed by atoms with Gasteiger partial charge in [-0.3, -0.25) is 0 Å². The molecular formula is C15H13BrF2. The minimum Gasteiger partial charge on any atom is -0.207 e. The van der Waals surface area contributed by atoms with Gasteiger partial charge in [-0.2, -0.15) is 0 Å². The van der Waals surface area contributed by atoms with Crippen molar-refractivity contribution in [3.05, 3.63) is 70.3 Å². The Morgan fingerprint density at radius 3 is 2.44 bits per heavy atom. The summed E-state index contributed by atoms with van der Waals surface area (Å²) in [5, 5.41) is 0. The summed E-state index contributed by atoms with van der Waals surface area (Å²) in [6.07, 6.45) is 0. The third-order valence-electron chi connectivity index (χ3n) is 3.15. The lowest BCUT2D eigenvalue weighted by Crippen LogP contribution is -2.00. The largest absolute Gasteiger partial charge is 0.207 e. The van der Waals surface area contributed by atoms with Crippen molar-refractivity contribution >= 4 is 15.9 Å². The molecule has 2 aromatic rings. The Morgan fingerprint density at radius 1 is 1.00 bits per heavy atom. The third kappa shape index (κ3) is 2.46. The van der Waals surface area contributed by atoms with Gasteiger partial charge in [0.2, 0.25) is 0 Å². The Hall–Kier alpha value is -1.22. The molecule has 3 heteroatoms. The summed E-state index contributed by atoms with van der Waals surface area (Å²) in [6.45, 7) is 3.98. The van der Waals surface area contributed by atoms with E-state index in [0.717, 1.165) is 28.8 Å². The summed E-state index contributed by atoms with van der Waals surface area (Å²) in [5.74, 6) is -0.833. The zero-order chi connectivity index (χ0) is 13.3. The molecule has 0 aliphatic rings. The van der Waals surface area contributed by atoms with Gasteiger partial charge in [-0.1, -0.05) is 34.1 Å². The lowest BCUT2D eigenvalue weighted by Gasteiger charge is -2.16. The van der Waals surface area contributed by atoms with Gasteiger partial charge in [0.15, 0.2) is 0 Å². The van der Waals surface area contributed by atoms with Gasteiger partial charge in [-0.15, -0.1) is 0 Å². The molecule has 0 aromatic heterocycles. The van der Waals surface area contributed by atoms with Crippen LogP contribution < -0.4 is 0 Å². The predicted octanol–water partition coefficient (Wildman–Crippen LogP) is 5.07. The van der Waals surface area contributed by atoms with E-state index in [1.54, 1.807) is 0 Å². The average molecular weight is 311 g/mol. The van der Waals surface area contributed by atoms with Crippen molar-refractivity contribution in [1.29, 1.82) is 0 Å². The predicted molar refractivity (Wildman–Crippen MR) is 73.0 cm³/mol. The summed E-state index contributed by atoms with van der Waals surface area (Å²) in [7, 11) is 0. The smallest absolute Gasteiger partial charge is 0.128 e. The van der Waals surface area contributed by atoms with Crippen molar-refractivity contribution in [3.8, 4) is 0 Å². The number of benzene rings is 2. The van der Waals surface area contributed by atoms with E-state index in [0.29, 0.717) is 5.56 Å². The maximum absolute atomic E-state index is 13.7. The highest BCUT2D eigenvalue weighted by molar-refractivity contribution is 9.09. The van der Waals surface area contributed by atoms with Crippen LogP contribution in [-0.4, -0.2) is 0 Å². The summed E-state index contributed by atoms with van der Waals surface area (Å²) < 4.78 is 27.0. The van der Waals surface area contributed by atoms with E-state index < -0.39 is 11.6 Å². The van der Waals surface area contributed by atoms with E-state index >= 15 is 0 Å². The van der Waals surface area contributed by atoms with Crippen LogP contribution in [0.25, 0.3) is 0 Å². The molecule has 0 N–H and O–H groups in total. The van der Waals surface area contributed by atoms with E-state index in [1.807, 2.05) is 32.0 Å². The number of rotatable bonds is 2. The first-order valence-electron chi connectivity index (χ1n) is 5.66. The fourth-order valence-electron chi connectivity index (χ4n) is 1.92. The molecule has 94 valence electrons. The molecule has 2 rings (SSSR count). The average Bonchev–Trinajstić information content (AvgIpc) is 2.35. The maximum atomic E-state index is 13.7. The van der Waals surface area contributed by atoms with Crippen molar-refractivity contribution in [3.63, 3.8) is 0 Å². The molecule has 0 saturated carbocycles. The lowest BCUT2D eigenvalue weighted by molar-refractivity contribution is 0.588. The molecule has 0 spiro atoms. The Balaban J connectivity index is 2.51. The molecule has 18 heavy (non-hydrogen) atoms. The van der Waals surface area contributed by atoms with Gasteiger partial charge in [0, 0.05) is 5.56 Å². The highest BCUT2D eigenvalue weighted by Gasteiger charge is 2.17. The molecule has 0 saturated heterocycles. The zero-order valence-electron chi connectivity index (χ0n) is 10.2. The molecule has 1 atom stereocenters. The molecule has 0 radical (unpaired) electrons. The second kappa shape index (κ2) is 5.19. The number of aryl methyl sites for hydroxylation is 1. The van der Waals surface area contributed by atoms with Crippen LogP contribution in [0.15, 0.2) is 36.4 Å². The topological polar surface area (TPSA) is 0 Å². The number of halogens is 3. The monoisotopic (exact) mass is 310 g/mol. The van der Waals surface area contributed by atoms with Crippen LogP contribution in [0.3, 0.4) is 0 Å². The minimum absolute atomic E-state index is 0.323. The zero-order valence-corrected chi connectivity index (χ0v) is 11.8. The van der Waals surface area contributed by atoms with Gasteiger partial charge in [-0.05, 0) is 48.7 Å².